The third-order valence-electron chi connectivity index (χ3n) is 4.41. The summed E-state index contributed by atoms with van der Waals surface area (Å²) in [6, 6.07) is 10.0. The van der Waals surface area contributed by atoms with Crippen molar-refractivity contribution in [2.24, 2.45) is 0 Å². The summed E-state index contributed by atoms with van der Waals surface area (Å²) in [5, 5.41) is 2.06. The summed E-state index contributed by atoms with van der Waals surface area (Å²) in [4.78, 5) is 14.8. The highest BCUT2D eigenvalue weighted by Gasteiger charge is 2.21. The molecule has 6 heteroatoms. The summed E-state index contributed by atoms with van der Waals surface area (Å²) in [5.41, 5.74) is 2.83. The van der Waals surface area contributed by atoms with E-state index >= 15 is 0 Å². The van der Waals surface area contributed by atoms with Crippen molar-refractivity contribution in [1.82, 2.24) is 9.47 Å². The molecule has 0 radical (unpaired) electrons. The quantitative estimate of drug-likeness (QED) is 0.636. The summed E-state index contributed by atoms with van der Waals surface area (Å²) >= 11 is 1.66. The van der Waals surface area contributed by atoms with E-state index in [2.05, 4.69) is 29.9 Å². The molecule has 2 aromatic heterocycles. The summed E-state index contributed by atoms with van der Waals surface area (Å²) in [6.45, 7) is 4.69. The van der Waals surface area contributed by atoms with Gasteiger partial charge in [0, 0.05) is 19.6 Å². The number of thiophene rings is 1. The second-order valence-corrected chi connectivity index (χ2v) is 7.46. The van der Waals surface area contributed by atoms with Crippen LogP contribution >= 0.6 is 11.3 Å². The Morgan fingerprint density at radius 3 is 2.54 bits per heavy atom. The van der Waals surface area contributed by atoms with Crippen molar-refractivity contribution >= 4 is 27.5 Å². The molecule has 26 heavy (non-hydrogen) atoms. The molecular formula is C20H24N2O3S. The average Bonchev–Trinajstić information content (AvgIpc) is 3.21. The van der Waals surface area contributed by atoms with Crippen LogP contribution in [0.4, 0.5) is 0 Å². The van der Waals surface area contributed by atoms with E-state index in [1.54, 1.807) is 30.5 Å². The molecular weight excluding hydrogens is 348 g/mol. The largest absolute Gasteiger partial charge is 0.493 e. The number of hydrogen-bond acceptors (Lipinski definition) is 4. The number of ether oxygens (including phenoxy) is 2. The zero-order valence-electron chi connectivity index (χ0n) is 15.8. The van der Waals surface area contributed by atoms with Gasteiger partial charge in [-0.2, -0.15) is 0 Å². The third-order valence-corrected chi connectivity index (χ3v) is 5.26. The summed E-state index contributed by atoms with van der Waals surface area (Å²) < 4.78 is 13.9. The molecule has 3 aromatic rings. The van der Waals surface area contributed by atoms with Gasteiger partial charge in [0.15, 0.2) is 11.5 Å². The van der Waals surface area contributed by atoms with Crippen LogP contribution in [0.15, 0.2) is 35.7 Å². The second kappa shape index (κ2) is 7.41. The Morgan fingerprint density at radius 1 is 1.15 bits per heavy atom. The molecule has 1 amide bonds. The molecule has 3 rings (SSSR count). The fourth-order valence-electron chi connectivity index (χ4n) is 3.19. The fourth-order valence-corrected chi connectivity index (χ4v) is 4.00. The molecule has 0 spiro atoms. The molecule has 0 aliphatic carbocycles. The van der Waals surface area contributed by atoms with Gasteiger partial charge in [0.25, 0.3) is 5.91 Å². The normalized spacial score (nSPS) is 11.2. The number of fused-ring (bicyclic) bond motifs is 1. The first kappa shape index (κ1) is 18.3. The minimum absolute atomic E-state index is 0.0110. The molecule has 0 unspecified atom stereocenters. The maximum atomic E-state index is 13.1. The van der Waals surface area contributed by atoms with Crippen LogP contribution in [0.1, 0.15) is 35.9 Å². The lowest BCUT2D eigenvalue weighted by molar-refractivity contribution is 0.0773. The fraction of sp³-hybridized carbons (Fsp3) is 0.350. The molecule has 0 saturated heterocycles. The molecule has 0 aliphatic heterocycles. The zero-order valence-corrected chi connectivity index (χ0v) is 16.6. The number of hydrogen-bond donors (Lipinski definition) is 0. The maximum absolute atomic E-state index is 13.1. The van der Waals surface area contributed by atoms with Crippen LogP contribution in [0.25, 0.3) is 10.2 Å². The van der Waals surface area contributed by atoms with Crippen molar-refractivity contribution < 1.29 is 14.3 Å². The van der Waals surface area contributed by atoms with E-state index < -0.39 is 0 Å². The Bertz CT molecular complexity index is 926. The van der Waals surface area contributed by atoms with Crippen molar-refractivity contribution in [3.05, 3.63) is 47.0 Å². The highest BCUT2D eigenvalue weighted by atomic mass is 32.1. The standard InChI is InChI=1S/C20H24N2O3S/c1-13(2)22-15-8-9-26-19(15)11-16(22)20(23)21(3)12-14-6-7-17(24-4)18(10-14)25-5/h6-11,13H,12H2,1-5H3. The first-order chi connectivity index (χ1) is 12.5. The van der Waals surface area contributed by atoms with E-state index in [-0.39, 0.29) is 11.9 Å². The van der Waals surface area contributed by atoms with Crippen molar-refractivity contribution in [3.63, 3.8) is 0 Å². The molecule has 0 bridgehead atoms. The number of carbonyl (C=O) groups is 1. The lowest BCUT2D eigenvalue weighted by atomic mass is 10.2. The third kappa shape index (κ3) is 3.29. The highest BCUT2D eigenvalue weighted by Crippen LogP contribution is 2.30. The van der Waals surface area contributed by atoms with Crippen LogP contribution in [-0.2, 0) is 6.54 Å². The molecule has 0 aliphatic rings. The van der Waals surface area contributed by atoms with Crippen LogP contribution in [-0.4, -0.2) is 36.6 Å². The summed E-state index contributed by atoms with van der Waals surface area (Å²) in [5.74, 6) is 1.35. The van der Waals surface area contributed by atoms with Crippen molar-refractivity contribution in [1.29, 1.82) is 0 Å². The van der Waals surface area contributed by atoms with Gasteiger partial charge in [0.1, 0.15) is 5.69 Å². The first-order valence-electron chi connectivity index (χ1n) is 8.51. The van der Waals surface area contributed by atoms with E-state index in [4.69, 9.17) is 9.47 Å². The molecule has 1 aromatic carbocycles. The Hall–Kier alpha value is -2.47. The minimum atomic E-state index is 0.0110. The lowest BCUT2D eigenvalue weighted by Gasteiger charge is -2.21. The van der Waals surface area contributed by atoms with Crippen LogP contribution < -0.4 is 9.47 Å². The average molecular weight is 372 g/mol. The van der Waals surface area contributed by atoms with E-state index in [0.717, 1.165) is 21.5 Å². The second-order valence-electron chi connectivity index (χ2n) is 6.51. The van der Waals surface area contributed by atoms with Crippen LogP contribution in [0.3, 0.4) is 0 Å². The summed E-state index contributed by atoms with van der Waals surface area (Å²) in [7, 11) is 5.04. The topological polar surface area (TPSA) is 43.7 Å². The van der Waals surface area contributed by atoms with Crippen molar-refractivity contribution in [3.8, 4) is 11.5 Å². The van der Waals surface area contributed by atoms with Crippen molar-refractivity contribution in [2.45, 2.75) is 26.4 Å². The van der Waals surface area contributed by atoms with E-state index in [1.165, 1.54) is 0 Å². The number of carbonyl (C=O) groups excluding carboxylic acids is 1. The van der Waals surface area contributed by atoms with Gasteiger partial charge in [-0.1, -0.05) is 6.07 Å². The lowest BCUT2D eigenvalue weighted by Crippen LogP contribution is -2.28. The van der Waals surface area contributed by atoms with Gasteiger partial charge in [0.05, 0.1) is 24.4 Å². The Balaban J connectivity index is 1.87. The van der Waals surface area contributed by atoms with Gasteiger partial charge in [-0.25, -0.2) is 0 Å². The van der Waals surface area contributed by atoms with Gasteiger partial charge in [-0.05, 0) is 49.1 Å². The molecule has 0 fully saturated rings. The highest BCUT2D eigenvalue weighted by molar-refractivity contribution is 7.17. The molecule has 2 heterocycles. The van der Waals surface area contributed by atoms with Gasteiger partial charge in [-0.3, -0.25) is 4.79 Å². The monoisotopic (exact) mass is 372 g/mol. The Morgan fingerprint density at radius 2 is 1.88 bits per heavy atom. The predicted molar refractivity (Wildman–Crippen MR) is 106 cm³/mol. The number of nitrogens with zero attached hydrogens (tertiary/aromatic N) is 2. The zero-order chi connectivity index (χ0) is 18.8. The van der Waals surface area contributed by atoms with Gasteiger partial charge in [0.2, 0.25) is 0 Å². The number of amides is 1. The SMILES string of the molecule is COc1ccc(CN(C)C(=O)c2cc3sccc3n2C(C)C)cc1OC. The number of rotatable bonds is 6. The molecule has 0 N–H and O–H groups in total. The number of methoxy groups -OCH3 is 2. The van der Waals surface area contributed by atoms with Gasteiger partial charge < -0.3 is 18.9 Å². The smallest absolute Gasteiger partial charge is 0.270 e. The van der Waals surface area contributed by atoms with Crippen molar-refractivity contribution in [2.75, 3.05) is 21.3 Å². The van der Waals surface area contributed by atoms with E-state index in [1.807, 2.05) is 31.3 Å². The minimum Gasteiger partial charge on any atom is -0.493 e. The van der Waals surface area contributed by atoms with Crippen LogP contribution in [0.2, 0.25) is 0 Å². The molecule has 138 valence electrons. The van der Waals surface area contributed by atoms with Gasteiger partial charge >= 0.3 is 0 Å². The van der Waals surface area contributed by atoms with E-state index in [0.29, 0.717) is 18.0 Å². The Kier molecular flexibility index (Phi) is 5.23. The maximum Gasteiger partial charge on any atom is 0.270 e. The van der Waals surface area contributed by atoms with Crippen LogP contribution in [0, 0.1) is 0 Å². The number of aromatic nitrogens is 1. The van der Waals surface area contributed by atoms with Gasteiger partial charge in [-0.15, -0.1) is 11.3 Å². The first-order valence-corrected chi connectivity index (χ1v) is 9.39. The summed E-state index contributed by atoms with van der Waals surface area (Å²) in [6.07, 6.45) is 0. The predicted octanol–water partition coefficient (Wildman–Crippen LogP) is 4.57. The van der Waals surface area contributed by atoms with Crippen LogP contribution in [0.5, 0.6) is 11.5 Å². The number of benzene rings is 1. The molecule has 5 nitrogen and oxygen atoms in total. The molecule has 0 atom stereocenters. The Labute approximate surface area is 157 Å². The molecule has 0 saturated carbocycles. The van der Waals surface area contributed by atoms with E-state index in [9.17, 15) is 4.79 Å².